The average Bonchev–Trinajstić information content (AvgIpc) is 3.27. The van der Waals surface area contributed by atoms with Crippen LogP contribution in [0.1, 0.15) is 23.3 Å². The number of amides is 1. The van der Waals surface area contributed by atoms with Crippen LogP contribution in [0, 0.1) is 11.6 Å². The van der Waals surface area contributed by atoms with Crippen molar-refractivity contribution in [3.8, 4) is 0 Å². The van der Waals surface area contributed by atoms with Crippen LogP contribution in [-0.2, 0) is 17.9 Å². The number of carbonyl (C=O) groups excluding carboxylic acids is 1. The molecular weight excluding hydrogens is 420 g/mol. The summed E-state index contributed by atoms with van der Waals surface area (Å²) >= 11 is 1.67. The summed E-state index contributed by atoms with van der Waals surface area (Å²) in [5, 5.41) is 8.79. The molecule has 9 heteroatoms. The van der Waals surface area contributed by atoms with Crippen molar-refractivity contribution in [2.75, 3.05) is 33.7 Å². The molecule has 1 amide bonds. The largest absolute Gasteiger partial charge is 0.354 e. The van der Waals surface area contributed by atoms with E-state index in [1.807, 2.05) is 11.4 Å². The van der Waals surface area contributed by atoms with Crippen molar-refractivity contribution in [3.63, 3.8) is 0 Å². The number of piperidine rings is 1. The van der Waals surface area contributed by atoms with Crippen molar-refractivity contribution < 1.29 is 13.6 Å². The van der Waals surface area contributed by atoms with Crippen LogP contribution in [0.2, 0.25) is 0 Å². The zero-order chi connectivity index (χ0) is 22.2. The van der Waals surface area contributed by atoms with E-state index in [1.165, 1.54) is 21.9 Å². The summed E-state index contributed by atoms with van der Waals surface area (Å²) in [6.45, 7) is 3.01. The number of halogens is 2. The van der Waals surface area contributed by atoms with Gasteiger partial charge in [-0.2, -0.15) is 0 Å². The lowest BCUT2D eigenvalue weighted by molar-refractivity contribution is -0.127. The number of likely N-dealkylation sites (tertiary alicyclic amines) is 1. The summed E-state index contributed by atoms with van der Waals surface area (Å²) in [4.78, 5) is 21.3. The normalized spacial score (nSPS) is 15.7. The summed E-state index contributed by atoms with van der Waals surface area (Å²) in [6.07, 6.45) is 1.79. The summed E-state index contributed by atoms with van der Waals surface area (Å²) in [6, 6.07) is 8.35. The van der Waals surface area contributed by atoms with Crippen LogP contribution in [0.4, 0.5) is 8.78 Å². The van der Waals surface area contributed by atoms with E-state index < -0.39 is 11.6 Å². The third-order valence-corrected chi connectivity index (χ3v) is 6.08. The standard InChI is InChI=1S/C22H29F2N5OS/c1-28(2)21(30)14-26-22(25-13-18-4-3-11-31-18)27-17-7-9-29(10-8-17)15-16-5-6-19(23)20(24)12-16/h3-6,11-12,17H,7-10,13-15H2,1-2H3,(H2,25,26,27). The molecule has 0 atom stereocenters. The highest BCUT2D eigenvalue weighted by molar-refractivity contribution is 7.09. The van der Waals surface area contributed by atoms with Crippen molar-refractivity contribution in [3.05, 3.63) is 57.8 Å². The molecule has 0 radical (unpaired) electrons. The van der Waals surface area contributed by atoms with Crippen molar-refractivity contribution in [1.29, 1.82) is 0 Å². The fraction of sp³-hybridized carbons (Fsp3) is 0.455. The van der Waals surface area contributed by atoms with E-state index in [9.17, 15) is 13.6 Å². The Hall–Kier alpha value is -2.52. The van der Waals surface area contributed by atoms with E-state index in [1.54, 1.807) is 31.5 Å². The van der Waals surface area contributed by atoms with E-state index in [2.05, 4.69) is 26.6 Å². The first-order valence-electron chi connectivity index (χ1n) is 10.3. The van der Waals surface area contributed by atoms with Gasteiger partial charge in [0.05, 0.1) is 6.54 Å². The van der Waals surface area contributed by atoms with Crippen LogP contribution in [0.5, 0.6) is 0 Å². The lowest BCUT2D eigenvalue weighted by atomic mass is 10.0. The predicted molar refractivity (Wildman–Crippen MR) is 120 cm³/mol. The molecular formula is C22H29F2N5OS. The zero-order valence-electron chi connectivity index (χ0n) is 17.9. The molecule has 0 bridgehead atoms. The Bertz CT molecular complexity index is 880. The third kappa shape index (κ3) is 7.29. The Balaban J connectivity index is 1.52. The van der Waals surface area contributed by atoms with Crippen molar-refractivity contribution in [2.24, 2.45) is 4.99 Å². The molecule has 2 aromatic rings. The molecule has 1 fully saturated rings. The average molecular weight is 450 g/mol. The molecule has 0 unspecified atom stereocenters. The molecule has 0 aliphatic carbocycles. The minimum atomic E-state index is -0.818. The Morgan fingerprint density at radius 2 is 2.00 bits per heavy atom. The number of carbonyl (C=O) groups is 1. The van der Waals surface area contributed by atoms with Crippen LogP contribution in [0.25, 0.3) is 0 Å². The number of thiophene rings is 1. The molecule has 168 valence electrons. The minimum absolute atomic E-state index is 0.0569. The molecule has 3 rings (SSSR count). The smallest absolute Gasteiger partial charge is 0.243 e. The van der Waals surface area contributed by atoms with Crippen LogP contribution in [0.15, 0.2) is 40.7 Å². The lowest BCUT2D eigenvalue weighted by Gasteiger charge is -2.33. The van der Waals surface area contributed by atoms with Gasteiger partial charge in [0.25, 0.3) is 0 Å². The number of aliphatic imine (C=N–C) groups is 1. The van der Waals surface area contributed by atoms with Gasteiger partial charge in [-0.05, 0) is 42.0 Å². The fourth-order valence-electron chi connectivity index (χ4n) is 3.35. The number of nitrogens with one attached hydrogen (secondary N) is 2. The van der Waals surface area contributed by atoms with Gasteiger partial charge in [-0.15, -0.1) is 11.3 Å². The van der Waals surface area contributed by atoms with Gasteiger partial charge < -0.3 is 15.5 Å². The van der Waals surface area contributed by atoms with Gasteiger partial charge in [-0.25, -0.2) is 13.8 Å². The highest BCUT2D eigenvalue weighted by atomic mass is 32.1. The first-order valence-corrected chi connectivity index (χ1v) is 11.2. The number of nitrogens with zero attached hydrogens (tertiary/aromatic N) is 3. The summed E-state index contributed by atoms with van der Waals surface area (Å²) in [7, 11) is 3.43. The monoisotopic (exact) mass is 449 g/mol. The van der Waals surface area contributed by atoms with E-state index in [0.29, 0.717) is 19.0 Å². The van der Waals surface area contributed by atoms with Gasteiger partial charge in [-0.1, -0.05) is 12.1 Å². The maximum absolute atomic E-state index is 13.4. The van der Waals surface area contributed by atoms with Gasteiger partial charge in [0.1, 0.15) is 6.54 Å². The number of benzene rings is 1. The van der Waals surface area contributed by atoms with E-state index in [0.717, 1.165) is 31.5 Å². The Morgan fingerprint density at radius 3 is 2.65 bits per heavy atom. The van der Waals surface area contributed by atoms with Crippen molar-refractivity contribution in [1.82, 2.24) is 20.4 Å². The molecule has 6 nitrogen and oxygen atoms in total. The highest BCUT2D eigenvalue weighted by Gasteiger charge is 2.21. The maximum atomic E-state index is 13.4. The van der Waals surface area contributed by atoms with E-state index in [4.69, 9.17) is 0 Å². The third-order valence-electron chi connectivity index (χ3n) is 5.20. The Kier molecular flexibility index (Phi) is 8.36. The topological polar surface area (TPSA) is 60.0 Å². The predicted octanol–water partition coefficient (Wildman–Crippen LogP) is 2.81. The number of likely N-dealkylation sites (N-methyl/N-ethyl adjacent to an activating group) is 1. The van der Waals surface area contributed by atoms with E-state index in [-0.39, 0.29) is 18.5 Å². The lowest BCUT2D eigenvalue weighted by Crippen LogP contribution is -2.48. The number of rotatable bonds is 7. The van der Waals surface area contributed by atoms with Gasteiger partial charge >= 0.3 is 0 Å². The highest BCUT2D eigenvalue weighted by Crippen LogP contribution is 2.16. The SMILES string of the molecule is CN(C)C(=O)CN=C(NCc1cccs1)NC1CCN(Cc2ccc(F)c(F)c2)CC1. The van der Waals surface area contributed by atoms with Gasteiger partial charge in [0, 0.05) is 44.6 Å². The summed E-state index contributed by atoms with van der Waals surface area (Å²) in [5.74, 6) is -1.05. The van der Waals surface area contributed by atoms with Gasteiger partial charge in [0.15, 0.2) is 17.6 Å². The molecule has 0 saturated carbocycles. The van der Waals surface area contributed by atoms with Crippen LogP contribution in [-0.4, -0.2) is 61.4 Å². The Labute approximate surface area is 186 Å². The second kappa shape index (κ2) is 11.2. The molecule has 0 spiro atoms. The summed E-state index contributed by atoms with van der Waals surface area (Å²) < 4.78 is 26.6. The molecule has 1 aliphatic rings. The van der Waals surface area contributed by atoms with Gasteiger partial charge in [-0.3, -0.25) is 9.69 Å². The molecule has 1 saturated heterocycles. The zero-order valence-corrected chi connectivity index (χ0v) is 18.7. The Morgan fingerprint density at radius 1 is 1.23 bits per heavy atom. The number of guanidine groups is 1. The molecule has 31 heavy (non-hydrogen) atoms. The van der Waals surface area contributed by atoms with Crippen LogP contribution in [0.3, 0.4) is 0 Å². The fourth-order valence-corrected chi connectivity index (χ4v) is 3.99. The number of hydrogen-bond donors (Lipinski definition) is 2. The van der Waals surface area contributed by atoms with Crippen LogP contribution >= 0.6 is 11.3 Å². The molecule has 2 N–H and O–H groups in total. The van der Waals surface area contributed by atoms with Crippen molar-refractivity contribution >= 4 is 23.2 Å². The molecule has 2 heterocycles. The van der Waals surface area contributed by atoms with Crippen LogP contribution < -0.4 is 10.6 Å². The van der Waals surface area contributed by atoms with E-state index >= 15 is 0 Å². The van der Waals surface area contributed by atoms with Crippen molar-refractivity contribution in [2.45, 2.75) is 32.0 Å². The quantitative estimate of drug-likeness (QED) is 0.504. The number of hydrogen-bond acceptors (Lipinski definition) is 4. The first kappa shape index (κ1) is 23.1. The maximum Gasteiger partial charge on any atom is 0.243 e. The minimum Gasteiger partial charge on any atom is -0.354 e. The van der Waals surface area contributed by atoms with Gasteiger partial charge in [0.2, 0.25) is 5.91 Å². The second-order valence-electron chi connectivity index (χ2n) is 7.83. The summed E-state index contributed by atoms with van der Waals surface area (Å²) in [5.41, 5.74) is 0.771. The first-order chi connectivity index (χ1) is 14.9. The molecule has 1 aromatic carbocycles. The second-order valence-corrected chi connectivity index (χ2v) is 8.86. The molecule has 1 aliphatic heterocycles. The molecule has 1 aromatic heterocycles.